The summed E-state index contributed by atoms with van der Waals surface area (Å²) in [5.41, 5.74) is -0.215. The minimum Gasteiger partial charge on any atom is -0.478 e. The van der Waals surface area contributed by atoms with E-state index in [1.54, 1.807) is 6.07 Å². The molecule has 0 aliphatic heterocycles. The monoisotopic (exact) mass is 439 g/mol. The molecule has 152 valence electrons. The van der Waals surface area contributed by atoms with Gasteiger partial charge in [0.2, 0.25) is 5.88 Å². The molecule has 0 bridgehead atoms. The maximum Gasteiger partial charge on any atom is 0.338 e. The normalized spacial score (nSPS) is 19.4. The quantitative estimate of drug-likeness (QED) is 0.626. The number of hydrogen-bond donors (Lipinski definition) is 2. The highest BCUT2D eigenvalue weighted by molar-refractivity contribution is 6.35. The van der Waals surface area contributed by atoms with Crippen LogP contribution in [0.15, 0.2) is 29.2 Å². The molecular weight excluding hydrogens is 424 g/mol. The van der Waals surface area contributed by atoms with Crippen LogP contribution in [0.4, 0.5) is 4.39 Å². The number of pyridine rings is 1. The molecule has 0 unspecified atom stereocenters. The topological polar surface area (TPSA) is 97.2 Å². The maximum absolute atomic E-state index is 13.9. The van der Waals surface area contributed by atoms with Crippen molar-refractivity contribution < 1.29 is 19.0 Å². The number of aromatic nitrogens is 3. The van der Waals surface area contributed by atoms with Crippen LogP contribution < -0.4 is 10.4 Å². The lowest BCUT2D eigenvalue weighted by atomic mass is 9.92. The Morgan fingerprint density at radius 3 is 2.62 bits per heavy atom. The Bertz CT molecular complexity index is 1150. The summed E-state index contributed by atoms with van der Waals surface area (Å²) in [5.74, 6) is -1.96. The number of halogens is 3. The van der Waals surface area contributed by atoms with Crippen molar-refractivity contribution in [1.29, 1.82) is 0 Å². The highest BCUT2D eigenvalue weighted by Gasteiger charge is 2.27. The number of aromatic amines is 1. The molecule has 29 heavy (non-hydrogen) atoms. The average Bonchev–Trinajstić information content (AvgIpc) is 2.98. The van der Waals surface area contributed by atoms with Crippen LogP contribution >= 0.6 is 23.2 Å². The summed E-state index contributed by atoms with van der Waals surface area (Å²) in [6, 6.07) is 3.64. The van der Waals surface area contributed by atoms with Gasteiger partial charge in [-0.15, -0.1) is 0 Å². The Morgan fingerprint density at radius 1 is 1.24 bits per heavy atom. The second-order valence-electron chi connectivity index (χ2n) is 6.94. The number of carboxylic acid groups (broad SMARTS) is 1. The molecule has 3 aromatic rings. The number of hydrogen-bond acceptors (Lipinski definition) is 4. The number of carboxylic acids is 1. The van der Waals surface area contributed by atoms with Crippen molar-refractivity contribution in [2.24, 2.45) is 0 Å². The number of benzene rings is 1. The van der Waals surface area contributed by atoms with Crippen LogP contribution in [0.5, 0.6) is 5.88 Å². The van der Waals surface area contributed by atoms with Gasteiger partial charge in [0.05, 0.1) is 21.6 Å². The number of rotatable bonds is 4. The summed E-state index contributed by atoms with van der Waals surface area (Å²) in [6.45, 7) is 0. The molecule has 0 atom stereocenters. The van der Waals surface area contributed by atoms with Crippen molar-refractivity contribution in [3.05, 3.63) is 56.3 Å². The summed E-state index contributed by atoms with van der Waals surface area (Å²) in [4.78, 5) is 30.4. The van der Waals surface area contributed by atoms with E-state index in [0.717, 1.165) is 6.07 Å². The maximum atomic E-state index is 13.9. The van der Waals surface area contributed by atoms with Gasteiger partial charge >= 0.3 is 11.7 Å². The Hall–Kier alpha value is -2.58. The fourth-order valence-corrected chi connectivity index (χ4v) is 4.17. The van der Waals surface area contributed by atoms with Crippen LogP contribution in [0.3, 0.4) is 0 Å². The van der Waals surface area contributed by atoms with Gasteiger partial charge in [0.15, 0.2) is 0 Å². The molecule has 4 rings (SSSR count). The van der Waals surface area contributed by atoms with Crippen molar-refractivity contribution in [3.8, 4) is 5.88 Å². The van der Waals surface area contributed by atoms with Gasteiger partial charge in [-0.05, 0) is 37.8 Å². The highest BCUT2D eigenvalue weighted by Crippen LogP contribution is 2.34. The first-order chi connectivity index (χ1) is 13.8. The number of carbonyl (C=O) groups is 1. The lowest BCUT2D eigenvalue weighted by molar-refractivity contribution is 0.0692. The minimum atomic E-state index is -1.38. The largest absolute Gasteiger partial charge is 0.478 e. The number of nitrogens with one attached hydrogen (secondary N) is 1. The van der Waals surface area contributed by atoms with E-state index in [1.807, 2.05) is 0 Å². The van der Waals surface area contributed by atoms with E-state index in [1.165, 1.54) is 16.8 Å². The molecular formula is C19H16Cl2FN3O4. The average molecular weight is 440 g/mol. The SMILES string of the molecule is O=C(O)c1cc2c(cc1F)[nH]c(=O)n2[C@H]1CC[C@H](Oc2ncc(Cl)cc2Cl)CC1. The molecule has 2 N–H and O–H groups in total. The highest BCUT2D eigenvalue weighted by atomic mass is 35.5. The van der Waals surface area contributed by atoms with E-state index in [-0.39, 0.29) is 17.7 Å². The van der Waals surface area contributed by atoms with E-state index in [0.29, 0.717) is 47.1 Å². The molecule has 1 saturated carbocycles. The first-order valence-electron chi connectivity index (χ1n) is 8.98. The van der Waals surface area contributed by atoms with Crippen molar-refractivity contribution in [1.82, 2.24) is 14.5 Å². The van der Waals surface area contributed by atoms with Crippen molar-refractivity contribution in [2.75, 3.05) is 0 Å². The van der Waals surface area contributed by atoms with Crippen LogP contribution in [-0.2, 0) is 0 Å². The van der Waals surface area contributed by atoms with Gasteiger partial charge in [0.25, 0.3) is 0 Å². The van der Waals surface area contributed by atoms with E-state index < -0.39 is 23.0 Å². The standard InChI is InChI=1S/C19H16Cl2FN3O4/c20-9-5-13(21)17(23-8-9)29-11-3-1-10(2-4-11)25-16-6-12(18(26)27)14(22)7-15(16)24-19(25)28/h5-8,10-11H,1-4H2,(H,24,28)(H,26,27)/t10-,11-. The third kappa shape index (κ3) is 3.82. The van der Waals surface area contributed by atoms with Crippen LogP contribution in [-0.4, -0.2) is 31.7 Å². The molecule has 2 heterocycles. The van der Waals surface area contributed by atoms with Crippen molar-refractivity contribution in [3.63, 3.8) is 0 Å². The predicted octanol–water partition coefficient (Wildman–Crippen LogP) is 4.43. The second-order valence-corrected chi connectivity index (χ2v) is 7.79. The first kappa shape index (κ1) is 19.7. The zero-order valence-electron chi connectivity index (χ0n) is 15.0. The van der Waals surface area contributed by atoms with Gasteiger partial charge in [0.1, 0.15) is 16.9 Å². The van der Waals surface area contributed by atoms with Gasteiger partial charge in [-0.25, -0.2) is 19.0 Å². The molecule has 0 saturated heterocycles. The van der Waals surface area contributed by atoms with Gasteiger partial charge in [-0.2, -0.15) is 0 Å². The number of ether oxygens (including phenoxy) is 1. The summed E-state index contributed by atoms with van der Waals surface area (Å²) < 4.78 is 21.3. The van der Waals surface area contributed by atoms with E-state index in [4.69, 9.17) is 33.0 Å². The molecule has 0 spiro atoms. The fourth-order valence-electron chi connectivity index (χ4n) is 3.74. The molecule has 1 aliphatic rings. The summed E-state index contributed by atoms with van der Waals surface area (Å²) in [5, 5.41) is 9.92. The summed E-state index contributed by atoms with van der Waals surface area (Å²) in [7, 11) is 0. The fraction of sp³-hybridized carbons (Fsp3) is 0.316. The molecule has 0 radical (unpaired) electrons. The Kier molecular flexibility index (Phi) is 5.23. The Morgan fingerprint density at radius 2 is 1.97 bits per heavy atom. The molecule has 7 nitrogen and oxygen atoms in total. The van der Waals surface area contributed by atoms with Gasteiger partial charge in [-0.1, -0.05) is 23.2 Å². The lowest BCUT2D eigenvalue weighted by Crippen LogP contribution is -2.30. The Balaban J connectivity index is 1.54. The van der Waals surface area contributed by atoms with Crippen molar-refractivity contribution in [2.45, 2.75) is 37.8 Å². The molecule has 1 fully saturated rings. The molecule has 10 heteroatoms. The van der Waals surface area contributed by atoms with Gasteiger partial charge in [-0.3, -0.25) is 4.57 Å². The zero-order valence-corrected chi connectivity index (χ0v) is 16.5. The minimum absolute atomic E-state index is 0.120. The number of aromatic carboxylic acids is 1. The summed E-state index contributed by atoms with van der Waals surface area (Å²) in [6.07, 6.45) is 3.89. The van der Waals surface area contributed by atoms with E-state index in [9.17, 15) is 14.0 Å². The van der Waals surface area contributed by atoms with Crippen molar-refractivity contribution >= 4 is 40.2 Å². The Labute approximate surface area is 174 Å². The van der Waals surface area contributed by atoms with Crippen LogP contribution in [0, 0.1) is 5.82 Å². The van der Waals surface area contributed by atoms with Crippen LogP contribution in [0.2, 0.25) is 10.0 Å². The van der Waals surface area contributed by atoms with Crippen LogP contribution in [0.1, 0.15) is 42.1 Å². The van der Waals surface area contributed by atoms with E-state index in [2.05, 4.69) is 9.97 Å². The molecule has 2 aromatic heterocycles. The van der Waals surface area contributed by atoms with E-state index >= 15 is 0 Å². The third-order valence-electron chi connectivity index (χ3n) is 5.10. The number of H-pyrrole nitrogens is 1. The second kappa shape index (κ2) is 7.68. The first-order valence-corrected chi connectivity index (χ1v) is 9.74. The lowest BCUT2D eigenvalue weighted by Gasteiger charge is -2.29. The summed E-state index contributed by atoms with van der Waals surface area (Å²) >= 11 is 11.9. The molecule has 1 aromatic carbocycles. The van der Waals surface area contributed by atoms with Gasteiger partial charge in [0, 0.05) is 18.3 Å². The van der Waals surface area contributed by atoms with Gasteiger partial charge < -0.3 is 14.8 Å². The molecule has 0 amide bonds. The van der Waals surface area contributed by atoms with Crippen LogP contribution in [0.25, 0.3) is 11.0 Å². The third-order valence-corrected chi connectivity index (χ3v) is 5.57. The number of fused-ring (bicyclic) bond motifs is 1. The molecule has 1 aliphatic carbocycles. The zero-order chi connectivity index (χ0) is 20.7. The number of imidazole rings is 1. The smallest absolute Gasteiger partial charge is 0.338 e. The predicted molar refractivity (Wildman–Crippen MR) is 106 cm³/mol. The number of nitrogens with zero attached hydrogens (tertiary/aromatic N) is 2.